The number of benzene rings is 1. The molecule has 0 radical (unpaired) electrons. The molecule has 5 rings (SSSR count). The number of hydrogen-bond acceptors (Lipinski definition) is 7. The van der Waals surface area contributed by atoms with Gasteiger partial charge < -0.3 is 23.8 Å². The zero-order valence-electron chi connectivity index (χ0n) is 20.4. The van der Waals surface area contributed by atoms with E-state index in [0.29, 0.717) is 37.3 Å². The molecule has 1 fully saturated rings. The predicted molar refractivity (Wildman–Crippen MR) is 126 cm³/mol. The summed E-state index contributed by atoms with van der Waals surface area (Å²) in [4.78, 5) is 25.6. The molecule has 1 aromatic carbocycles. The maximum absolute atomic E-state index is 11.7. The first-order chi connectivity index (χ1) is 16.4. The van der Waals surface area contributed by atoms with Crippen molar-refractivity contribution in [3.63, 3.8) is 0 Å². The predicted octanol–water partition coefficient (Wildman–Crippen LogP) is 4.30. The highest BCUT2D eigenvalue weighted by atomic mass is 16.6. The largest absolute Gasteiger partial charge is 0.466 e. The summed E-state index contributed by atoms with van der Waals surface area (Å²) >= 11 is 0. The number of carbonyl (C=O) groups is 2. The van der Waals surface area contributed by atoms with Gasteiger partial charge in [-0.3, -0.25) is 9.59 Å². The molecule has 2 aliphatic heterocycles. The van der Waals surface area contributed by atoms with E-state index >= 15 is 0 Å². The molecule has 0 N–H and O–H groups in total. The lowest BCUT2D eigenvalue weighted by Gasteiger charge is -2.57. The lowest BCUT2D eigenvalue weighted by Crippen LogP contribution is -2.60. The number of carbonyl (C=O) groups excluding carboxylic acids is 2. The smallest absolute Gasteiger partial charge is 0.308 e. The van der Waals surface area contributed by atoms with E-state index in [1.54, 1.807) is 0 Å². The van der Waals surface area contributed by atoms with Gasteiger partial charge in [0.2, 0.25) is 5.75 Å². The van der Waals surface area contributed by atoms with Gasteiger partial charge in [0.05, 0.1) is 12.7 Å². The second kappa shape index (κ2) is 9.34. The van der Waals surface area contributed by atoms with Crippen molar-refractivity contribution in [3.8, 4) is 17.2 Å². The average molecular weight is 470 g/mol. The van der Waals surface area contributed by atoms with Crippen LogP contribution in [0.3, 0.4) is 0 Å². The topological polar surface area (TPSA) is 77.6 Å². The van der Waals surface area contributed by atoms with Crippen LogP contribution in [0.5, 0.6) is 17.2 Å². The Kier molecular flexibility index (Phi) is 6.42. The molecule has 4 aliphatic rings. The first-order valence-electron chi connectivity index (χ1n) is 12.7. The van der Waals surface area contributed by atoms with Gasteiger partial charge in [-0.1, -0.05) is 18.6 Å². The minimum atomic E-state index is -0.323. The number of hydrogen-bond donors (Lipinski definition) is 0. The molecular weight excluding hydrogens is 434 g/mol. The Morgan fingerprint density at radius 3 is 2.85 bits per heavy atom. The van der Waals surface area contributed by atoms with Gasteiger partial charge in [0.1, 0.15) is 0 Å². The lowest BCUT2D eigenvalue weighted by atomic mass is 9.53. The van der Waals surface area contributed by atoms with Crippen molar-refractivity contribution in [2.24, 2.45) is 5.92 Å². The van der Waals surface area contributed by atoms with Crippen LogP contribution in [0.25, 0.3) is 0 Å². The number of piperidine rings is 1. The molecule has 7 nitrogen and oxygen atoms in total. The third-order valence-corrected chi connectivity index (χ3v) is 7.96. The SMILES string of the molecule is CCOC(=O)CCCCCO[C@H]1C=C[C@H]2[C@H]3Cc4c(cc(OC(C)=O)c5c4O5)[C@@]2(CCN3C)C1. The molecule has 7 heteroatoms. The number of ether oxygens (including phenoxy) is 4. The van der Waals surface area contributed by atoms with Crippen LogP contribution in [0.15, 0.2) is 18.2 Å². The highest BCUT2D eigenvalue weighted by Gasteiger charge is 2.56. The Balaban J connectivity index is 1.29. The Labute approximate surface area is 201 Å². The average Bonchev–Trinajstić information content (AvgIpc) is 3.60. The van der Waals surface area contributed by atoms with Gasteiger partial charge >= 0.3 is 11.9 Å². The summed E-state index contributed by atoms with van der Waals surface area (Å²) in [5.74, 6) is 2.17. The molecule has 2 aliphatic carbocycles. The van der Waals surface area contributed by atoms with Crippen LogP contribution in [0.2, 0.25) is 0 Å². The fraction of sp³-hybridized carbons (Fsp3) is 0.630. The number of likely N-dealkylation sites (N-methyl/N-ethyl adjacent to an activating group) is 1. The minimum Gasteiger partial charge on any atom is -0.466 e. The van der Waals surface area contributed by atoms with Crippen molar-refractivity contribution in [1.29, 1.82) is 0 Å². The van der Waals surface area contributed by atoms with Crippen molar-refractivity contribution in [3.05, 3.63) is 29.3 Å². The van der Waals surface area contributed by atoms with E-state index in [1.165, 1.54) is 18.1 Å². The molecule has 0 unspecified atom stereocenters. The van der Waals surface area contributed by atoms with Gasteiger partial charge in [-0.15, -0.1) is 0 Å². The summed E-state index contributed by atoms with van der Waals surface area (Å²) in [6.07, 6.45) is 10.8. The highest BCUT2D eigenvalue weighted by Crippen LogP contribution is 2.63. The summed E-state index contributed by atoms with van der Waals surface area (Å²) < 4.78 is 22.6. The van der Waals surface area contributed by atoms with Gasteiger partial charge in [0.15, 0.2) is 11.5 Å². The van der Waals surface area contributed by atoms with E-state index in [9.17, 15) is 9.59 Å². The first-order valence-corrected chi connectivity index (χ1v) is 12.7. The molecule has 1 saturated heterocycles. The Hall–Kier alpha value is -2.38. The second-order valence-corrected chi connectivity index (χ2v) is 10.1. The maximum Gasteiger partial charge on any atom is 0.308 e. The number of likely N-dealkylation sites (tertiary alicyclic amines) is 1. The number of unbranched alkanes of at least 4 members (excludes halogenated alkanes) is 2. The van der Waals surface area contributed by atoms with E-state index in [2.05, 4.69) is 30.2 Å². The third kappa shape index (κ3) is 4.24. The number of nitrogens with zero attached hydrogens (tertiary/aromatic N) is 1. The zero-order valence-corrected chi connectivity index (χ0v) is 20.4. The van der Waals surface area contributed by atoms with Gasteiger partial charge in [0.25, 0.3) is 0 Å². The monoisotopic (exact) mass is 469 g/mol. The molecule has 4 atom stereocenters. The van der Waals surface area contributed by atoms with Gasteiger partial charge in [-0.2, -0.15) is 0 Å². The molecule has 1 aromatic rings. The van der Waals surface area contributed by atoms with Crippen LogP contribution < -0.4 is 9.47 Å². The van der Waals surface area contributed by atoms with Crippen molar-refractivity contribution in [2.75, 3.05) is 26.8 Å². The minimum absolute atomic E-state index is 0.0377. The second-order valence-electron chi connectivity index (χ2n) is 10.1. The van der Waals surface area contributed by atoms with Crippen molar-refractivity contribution >= 4 is 11.9 Å². The van der Waals surface area contributed by atoms with E-state index in [4.69, 9.17) is 18.9 Å². The van der Waals surface area contributed by atoms with Crippen LogP contribution in [-0.4, -0.2) is 55.8 Å². The molecule has 0 spiro atoms. The van der Waals surface area contributed by atoms with Crippen molar-refractivity contribution < 1.29 is 28.5 Å². The maximum atomic E-state index is 11.7. The summed E-state index contributed by atoms with van der Waals surface area (Å²) in [6, 6.07) is 2.51. The molecule has 2 heterocycles. The lowest BCUT2D eigenvalue weighted by molar-refractivity contribution is -0.143. The van der Waals surface area contributed by atoms with Crippen LogP contribution in [0.4, 0.5) is 0 Å². The molecule has 184 valence electrons. The molecule has 34 heavy (non-hydrogen) atoms. The molecule has 0 aromatic heterocycles. The van der Waals surface area contributed by atoms with Crippen LogP contribution in [0, 0.1) is 5.92 Å². The normalized spacial score (nSPS) is 28.3. The fourth-order valence-corrected chi connectivity index (χ4v) is 6.34. The Bertz CT molecular complexity index is 1000. The van der Waals surface area contributed by atoms with Crippen LogP contribution in [-0.2, 0) is 30.9 Å². The van der Waals surface area contributed by atoms with E-state index < -0.39 is 0 Å². The molecule has 2 bridgehead atoms. The Morgan fingerprint density at radius 2 is 2.06 bits per heavy atom. The van der Waals surface area contributed by atoms with E-state index in [0.717, 1.165) is 56.6 Å². The quantitative estimate of drug-likeness (QED) is 0.178. The van der Waals surface area contributed by atoms with Gasteiger partial charge in [0, 0.05) is 42.9 Å². The van der Waals surface area contributed by atoms with E-state index in [-0.39, 0.29) is 23.5 Å². The van der Waals surface area contributed by atoms with E-state index in [1.807, 2.05) is 6.92 Å². The van der Waals surface area contributed by atoms with Gasteiger partial charge in [-0.25, -0.2) is 0 Å². The summed E-state index contributed by atoms with van der Waals surface area (Å²) in [5.41, 5.74) is 2.53. The summed E-state index contributed by atoms with van der Waals surface area (Å²) in [5, 5.41) is 0. The van der Waals surface area contributed by atoms with Crippen molar-refractivity contribution in [2.45, 2.75) is 76.4 Å². The third-order valence-electron chi connectivity index (χ3n) is 7.96. The number of fused-ring (bicyclic) bond motifs is 3. The van der Waals surface area contributed by atoms with Crippen molar-refractivity contribution in [1.82, 2.24) is 4.90 Å². The highest BCUT2D eigenvalue weighted by molar-refractivity contribution is 5.77. The number of rotatable bonds is 9. The number of esters is 2. The molecule has 0 amide bonds. The van der Waals surface area contributed by atoms with Gasteiger partial charge in [-0.05, 0) is 64.3 Å². The molecular formula is C27H35NO6. The standard InChI is InChI=1S/C27H35NO6/c1-4-31-24(30)8-6-5-7-13-32-18-9-10-20-22-14-19-21(27(20,16-18)11-12-28(22)3)15-23(33-17(2)29)26-25(19)34-26/h9-10,15,18,20,22H,4-8,11-14,16H2,1-3H3/t18-,20-,22+,27-/m0/s1. The zero-order chi connectivity index (χ0) is 23.9. The molecule has 0 saturated carbocycles. The van der Waals surface area contributed by atoms with Crippen LogP contribution in [0.1, 0.15) is 63.5 Å². The first kappa shape index (κ1) is 23.4. The Morgan fingerprint density at radius 1 is 1.21 bits per heavy atom. The summed E-state index contributed by atoms with van der Waals surface area (Å²) in [6.45, 7) is 5.42. The summed E-state index contributed by atoms with van der Waals surface area (Å²) in [7, 11) is 2.22. The van der Waals surface area contributed by atoms with Crippen LogP contribution >= 0.6 is 0 Å². The fourth-order valence-electron chi connectivity index (χ4n) is 6.34.